The molecule has 0 unspecified atom stereocenters. The highest BCUT2D eigenvalue weighted by molar-refractivity contribution is 5.85. The average molecular weight is 278 g/mol. The van der Waals surface area contributed by atoms with E-state index in [2.05, 4.69) is 24.3 Å². The summed E-state index contributed by atoms with van der Waals surface area (Å²) in [4.78, 5) is 0. The minimum absolute atomic E-state index is 0. The summed E-state index contributed by atoms with van der Waals surface area (Å²) in [5.41, 5.74) is 9.25. The second-order valence-electron chi connectivity index (χ2n) is 4.97. The zero-order chi connectivity index (χ0) is 12.5. The minimum atomic E-state index is -0.194. The molecule has 2 N–H and O–H groups in total. The molecular formula is C16H17ClFN. The minimum Gasteiger partial charge on any atom is -0.330 e. The van der Waals surface area contributed by atoms with Crippen molar-refractivity contribution in [2.75, 3.05) is 6.54 Å². The molecule has 2 aromatic carbocycles. The molecule has 0 saturated heterocycles. The second-order valence-corrected chi connectivity index (χ2v) is 4.97. The molecule has 1 saturated carbocycles. The highest BCUT2D eigenvalue weighted by Gasteiger charge is 2.36. The predicted molar refractivity (Wildman–Crippen MR) is 79.0 cm³/mol. The van der Waals surface area contributed by atoms with E-state index in [-0.39, 0.29) is 18.2 Å². The summed E-state index contributed by atoms with van der Waals surface area (Å²) in [6.07, 6.45) is 1.20. The Morgan fingerprint density at radius 1 is 1.05 bits per heavy atom. The Bertz CT molecular complexity index is 553. The van der Waals surface area contributed by atoms with E-state index >= 15 is 0 Å². The number of hydrogen-bond donors (Lipinski definition) is 1. The smallest absolute Gasteiger partial charge is 0.123 e. The number of nitrogens with two attached hydrogens (primary N) is 1. The van der Waals surface area contributed by atoms with E-state index in [4.69, 9.17) is 5.73 Å². The molecule has 1 aliphatic rings. The average Bonchev–Trinajstić information content (AvgIpc) is 3.19. The van der Waals surface area contributed by atoms with Crippen LogP contribution >= 0.6 is 12.4 Å². The van der Waals surface area contributed by atoms with Gasteiger partial charge in [-0.2, -0.15) is 0 Å². The maximum atomic E-state index is 12.9. The van der Waals surface area contributed by atoms with Crippen molar-refractivity contribution in [3.8, 4) is 11.1 Å². The lowest BCUT2D eigenvalue weighted by molar-refractivity contribution is 0.628. The monoisotopic (exact) mass is 277 g/mol. The third-order valence-electron chi connectivity index (χ3n) is 3.72. The molecule has 0 bridgehead atoms. The molecule has 0 heterocycles. The SMILES string of the molecule is Cl.NC[C@H]1C[C@@H]1c1cccc(-c2ccc(F)cc2)c1. The van der Waals surface area contributed by atoms with E-state index in [0.717, 1.165) is 17.7 Å². The molecule has 3 heteroatoms. The zero-order valence-corrected chi connectivity index (χ0v) is 11.4. The summed E-state index contributed by atoms with van der Waals surface area (Å²) in [6, 6.07) is 15.1. The molecule has 0 aliphatic heterocycles. The molecule has 1 nitrogen and oxygen atoms in total. The van der Waals surface area contributed by atoms with Crippen molar-refractivity contribution in [3.05, 3.63) is 59.9 Å². The van der Waals surface area contributed by atoms with Crippen molar-refractivity contribution < 1.29 is 4.39 Å². The Morgan fingerprint density at radius 2 is 1.79 bits per heavy atom. The van der Waals surface area contributed by atoms with Crippen LogP contribution in [0.5, 0.6) is 0 Å². The van der Waals surface area contributed by atoms with Crippen LogP contribution < -0.4 is 5.73 Å². The first-order chi connectivity index (χ1) is 8.78. The zero-order valence-electron chi connectivity index (χ0n) is 10.6. The van der Waals surface area contributed by atoms with Crippen molar-refractivity contribution in [1.29, 1.82) is 0 Å². The van der Waals surface area contributed by atoms with Crippen molar-refractivity contribution in [3.63, 3.8) is 0 Å². The van der Waals surface area contributed by atoms with Gasteiger partial charge in [0, 0.05) is 0 Å². The van der Waals surface area contributed by atoms with Gasteiger partial charge in [-0.25, -0.2) is 4.39 Å². The van der Waals surface area contributed by atoms with Crippen molar-refractivity contribution in [2.45, 2.75) is 12.3 Å². The molecule has 0 radical (unpaired) electrons. The maximum absolute atomic E-state index is 12.9. The van der Waals surface area contributed by atoms with E-state index in [0.29, 0.717) is 11.8 Å². The fourth-order valence-electron chi connectivity index (χ4n) is 2.51. The van der Waals surface area contributed by atoms with Crippen LogP contribution in [0.2, 0.25) is 0 Å². The highest BCUT2D eigenvalue weighted by atomic mass is 35.5. The van der Waals surface area contributed by atoms with Crippen LogP contribution in [0.3, 0.4) is 0 Å². The first kappa shape index (κ1) is 14.0. The topological polar surface area (TPSA) is 26.0 Å². The Kier molecular flexibility index (Phi) is 4.23. The van der Waals surface area contributed by atoms with E-state index in [1.165, 1.54) is 24.1 Å². The van der Waals surface area contributed by atoms with E-state index in [1.54, 1.807) is 0 Å². The molecular weight excluding hydrogens is 261 g/mol. The molecule has 2 atom stereocenters. The quantitative estimate of drug-likeness (QED) is 0.902. The highest BCUT2D eigenvalue weighted by Crippen LogP contribution is 2.47. The lowest BCUT2D eigenvalue weighted by Crippen LogP contribution is -2.01. The number of rotatable bonds is 3. The number of hydrogen-bond acceptors (Lipinski definition) is 1. The van der Waals surface area contributed by atoms with Crippen LogP contribution in [0.25, 0.3) is 11.1 Å². The maximum Gasteiger partial charge on any atom is 0.123 e. The van der Waals surface area contributed by atoms with Crippen LogP contribution in [0.1, 0.15) is 17.9 Å². The Morgan fingerprint density at radius 3 is 2.42 bits per heavy atom. The van der Waals surface area contributed by atoms with Crippen LogP contribution in [0, 0.1) is 11.7 Å². The van der Waals surface area contributed by atoms with Gasteiger partial charge in [-0.15, -0.1) is 12.4 Å². The molecule has 19 heavy (non-hydrogen) atoms. The fraction of sp³-hybridized carbons (Fsp3) is 0.250. The van der Waals surface area contributed by atoms with Gasteiger partial charge < -0.3 is 5.73 Å². The largest absolute Gasteiger partial charge is 0.330 e. The lowest BCUT2D eigenvalue weighted by Gasteiger charge is -2.05. The van der Waals surface area contributed by atoms with Gasteiger partial charge in [0.25, 0.3) is 0 Å². The number of benzene rings is 2. The second kappa shape index (κ2) is 5.72. The Labute approximate surface area is 119 Å². The molecule has 3 rings (SSSR count). The molecule has 1 aliphatic carbocycles. The molecule has 1 fully saturated rings. The predicted octanol–water partition coefficient (Wildman–Crippen LogP) is 3.98. The third-order valence-corrected chi connectivity index (χ3v) is 3.72. The van der Waals surface area contributed by atoms with Gasteiger partial charge in [0.15, 0.2) is 0 Å². The summed E-state index contributed by atoms with van der Waals surface area (Å²) in [7, 11) is 0. The Hall–Kier alpha value is -1.38. The van der Waals surface area contributed by atoms with Gasteiger partial charge >= 0.3 is 0 Å². The normalized spacial score (nSPS) is 20.7. The first-order valence-electron chi connectivity index (χ1n) is 6.34. The number of halogens is 2. The van der Waals surface area contributed by atoms with Crippen LogP contribution in [-0.4, -0.2) is 6.54 Å². The molecule has 0 spiro atoms. The summed E-state index contributed by atoms with van der Waals surface area (Å²) in [6.45, 7) is 0.769. The van der Waals surface area contributed by atoms with E-state index < -0.39 is 0 Å². The van der Waals surface area contributed by atoms with Crippen LogP contribution in [0.15, 0.2) is 48.5 Å². The van der Waals surface area contributed by atoms with Gasteiger partial charge in [0.05, 0.1) is 0 Å². The molecule has 0 aromatic heterocycles. The van der Waals surface area contributed by atoms with E-state index in [9.17, 15) is 4.39 Å². The van der Waals surface area contributed by atoms with Crippen molar-refractivity contribution in [1.82, 2.24) is 0 Å². The molecule has 100 valence electrons. The van der Waals surface area contributed by atoms with Crippen LogP contribution in [-0.2, 0) is 0 Å². The lowest BCUT2D eigenvalue weighted by atomic mass is 10.0. The molecule has 2 aromatic rings. The summed E-state index contributed by atoms with van der Waals surface area (Å²) in [5.74, 6) is 1.07. The van der Waals surface area contributed by atoms with Gasteiger partial charge in [-0.05, 0) is 53.6 Å². The fourth-order valence-corrected chi connectivity index (χ4v) is 2.51. The first-order valence-corrected chi connectivity index (χ1v) is 6.34. The van der Waals surface area contributed by atoms with Gasteiger partial charge in [-0.1, -0.05) is 36.4 Å². The van der Waals surface area contributed by atoms with Crippen molar-refractivity contribution >= 4 is 12.4 Å². The van der Waals surface area contributed by atoms with Crippen LogP contribution in [0.4, 0.5) is 4.39 Å². The van der Waals surface area contributed by atoms with Gasteiger partial charge in [0.1, 0.15) is 5.82 Å². The summed E-state index contributed by atoms with van der Waals surface area (Å²) in [5, 5.41) is 0. The van der Waals surface area contributed by atoms with Gasteiger partial charge in [-0.3, -0.25) is 0 Å². The summed E-state index contributed by atoms with van der Waals surface area (Å²) < 4.78 is 12.9. The van der Waals surface area contributed by atoms with E-state index in [1.807, 2.05) is 12.1 Å². The standard InChI is InChI=1S/C16H16FN.ClH/c17-15-6-4-11(5-7-15)12-2-1-3-13(8-12)16-9-14(16)10-18;/h1-8,14,16H,9-10,18H2;1H/t14-,16-;/m1./s1. The van der Waals surface area contributed by atoms with Gasteiger partial charge in [0.2, 0.25) is 0 Å². The third kappa shape index (κ3) is 2.96. The van der Waals surface area contributed by atoms with Crippen molar-refractivity contribution in [2.24, 2.45) is 11.7 Å². The summed E-state index contributed by atoms with van der Waals surface area (Å²) >= 11 is 0. The molecule has 0 amide bonds. The Balaban J connectivity index is 0.00000133.